The molecular formula is C22H27N3O4. The second kappa shape index (κ2) is 8.51. The third-order valence-electron chi connectivity index (χ3n) is 4.65. The first-order valence-electron chi connectivity index (χ1n) is 9.63. The smallest absolute Gasteiger partial charge is 0.410 e. The van der Waals surface area contributed by atoms with Gasteiger partial charge in [0.15, 0.2) is 5.69 Å². The molecule has 154 valence electrons. The number of nitrogens with zero attached hydrogens (tertiary/aromatic N) is 3. The van der Waals surface area contributed by atoms with Gasteiger partial charge in [0.25, 0.3) is 0 Å². The Labute approximate surface area is 171 Å². The van der Waals surface area contributed by atoms with E-state index in [0.29, 0.717) is 25.5 Å². The highest BCUT2D eigenvalue weighted by Gasteiger charge is 2.34. The minimum Gasteiger partial charge on any atom is -0.464 e. The van der Waals surface area contributed by atoms with Crippen molar-refractivity contribution in [3.8, 4) is 0 Å². The van der Waals surface area contributed by atoms with Gasteiger partial charge < -0.3 is 14.4 Å². The molecule has 0 saturated carbocycles. The standard InChI is InChI=1S/C22H27N3O4/c1-22(2,3)29-21(27)25-14-13-24(15-18(25)16-9-6-5-7-10-16)19-12-8-11-17(23-19)20(26)28-4/h5-12,18H,13-15H2,1-4H3. The van der Waals surface area contributed by atoms with Crippen LogP contribution >= 0.6 is 0 Å². The Balaban J connectivity index is 1.87. The van der Waals surface area contributed by atoms with E-state index in [-0.39, 0.29) is 17.8 Å². The van der Waals surface area contributed by atoms with Crippen LogP contribution in [0.25, 0.3) is 0 Å². The third-order valence-corrected chi connectivity index (χ3v) is 4.65. The van der Waals surface area contributed by atoms with Gasteiger partial charge in [-0.1, -0.05) is 36.4 Å². The van der Waals surface area contributed by atoms with Crippen LogP contribution in [-0.2, 0) is 9.47 Å². The maximum Gasteiger partial charge on any atom is 0.410 e. The summed E-state index contributed by atoms with van der Waals surface area (Å²) in [7, 11) is 1.34. The van der Waals surface area contributed by atoms with Crippen LogP contribution in [0, 0.1) is 0 Å². The molecule has 0 radical (unpaired) electrons. The van der Waals surface area contributed by atoms with Crippen LogP contribution < -0.4 is 4.90 Å². The molecule has 0 spiro atoms. The van der Waals surface area contributed by atoms with Crippen LogP contribution in [0.15, 0.2) is 48.5 Å². The first-order chi connectivity index (χ1) is 13.8. The predicted molar refractivity (Wildman–Crippen MR) is 110 cm³/mol. The fourth-order valence-corrected chi connectivity index (χ4v) is 3.31. The average molecular weight is 397 g/mol. The number of piperazine rings is 1. The first-order valence-corrected chi connectivity index (χ1v) is 9.63. The van der Waals surface area contributed by atoms with E-state index in [2.05, 4.69) is 9.88 Å². The summed E-state index contributed by atoms with van der Waals surface area (Å²) < 4.78 is 10.4. The lowest BCUT2D eigenvalue weighted by atomic mass is 10.0. The molecule has 1 fully saturated rings. The summed E-state index contributed by atoms with van der Waals surface area (Å²) in [6.07, 6.45) is -0.331. The van der Waals surface area contributed by atoms with E-state index in [0.717, 1.165) is 5.56 Å². The highest BCUT2D eigenvalue weighted by atomic mass is 16.6. The van der Waals surface area contributed by atoms with Gasteiger partial charge >= 0.3 is 12.1 Å². The van der Waals surface area contributed by atoms with E-state index in [1.165, 1.54) is 7.11 Å². The van der Waals surface area contributed by atoms with E-state index in [4.69, 9.17) is 9.47 Å². The number of pyridine rings is 1. The lowest BCUT2D eigenvalue weighted by Gasteiger charge is -2.42. The first kappa shape index (κ1) is 20.6. The summed E-state index contributed by atoms with van der Waals surface area (Å²) >= 11 is 0. The van der Waals surface area contributed by atoms with E-state index < -0.39 is 11.6 Å². The van der Waals surface area contributed by atoms with E-state index in [1.54, 1.807) is 17.0 Å². The van der Waals surface area contributed by atoms with Crippen molar-refractivity contribution >= 4 is 17.9 Å². The van der Waals surface area contributed by atoms with Gasteiger partial charge in [-0.25, -0.2) is 14.6 Å². The molecule has 1 saturated heterocycles. The minimum absolute atomic E-state index is 0.191. The molecule has 1 aromatic carbocycles. The predicted octanol–water partition coefficient (Wildman–Crippen LogP) is 3.67. The number of carbonyl (C=O) groups is 2. The molecule has 1 aromatic heterocycles. The number of benzene rings is 1. The van der Waals surface area contributed by atoms with Crippen LogP contribution in [0.1, 0.15) is 42.9 Å². The second-order valence-electron chi connectivity index (χ2n) is 7.92. The molecule has 3 rings (SSSR count). The molecule has 1 amide bonds. The van der Waals surface area contributed by atoms with E-state index in [9.17, 15) is 9.59 Å². The second-order valence-corrected chi connectivity index (χ2v) is 7.92. The lowest BCUT2D eigenvalue weighted by Crippen LogP contribution is -2.52. The maximum atomic E-state index is 12.8. The molecule has 29 heavy (non-hydrogen) atoms. The molecule has 0 bridgehead atoms. The summed E-state index contributed by atoms with van der Waals surface area (Å²) in [6, 6.07) is 14.9. The zero-order valence-electron chi connectivity index (χ0n) is 17.3. The number of carbonyl (C=O) groups excluding carboxylic acids is 2. The summed E-state index contributed by atoms with van der Waals surface area (Å²) in [5.74, 6) is 0.205. The molecule has 0 N–H and O–H groups in total. The number of aromatic nitrogens is 1. The summed E-state index contributed by atoms with van der Waals surface area (Å²) in [4.78, 5) is 32.9. The van der Waals surface area contributed by atoms with Crippen molar-refractivity contribution in [1.29, 1.82) is 0 Å². The topological polar surface area (TPSA) is 72.0 Å². The summed E-state index contributed by atoms with van der Waals surface area (Å²) in [5.41, 5.74) is 0.717. The minimum atomic E-state index is -0.564. The number of anilines is 1. The number of hydrogen-bond acceptors (Lipinski definition) is 6. The maximum absolute atomic E-state index is 12.8. The SMILES string of the molecule is COC(=O)c1cccc(N2CCN(C(=O)OC(C)(C)C)C(c3ccccc3)C2)n1. The van der Waals surface area contributed by atoms with Gasteiger partial charge in [-0.3, -0.25) is 4.90 Å². The molecule has 1 unspecified atom stereocenters. The Morgan fingerprint density at radius 1 is 1.03 bits per heavy atom. The van der Waals surface area contributed by atoms with Crippen LogP contribution in [0.3, 0.4) is 0 Å². The van der Waals surface area contributed by atoms with Gasteiger partial charge in [0.1, 0.15) is 11.4 Å². The Bertz CT molecular complexity index is 864. The largest absolute Gasteiger partial charge is 0.464 e. The normalized spacial score (nSPS) is 17.0. The lowest BCUT2D eigenvalue weighted by molar-refractivity contribution is 0.0137. The molecule has 7 nitrogen and oxygen atoms in total. The summed E-state index contributed by atoms with van der Waals surface area (Å²) in [6.45, 7) is 7.20. The number of esters is 1. The van der Waals surface area contributed by atoms with Crippen molar-refractivity contribution in [1.82, 2.24) is 9.88 Å². The van der Waals surface area contributed by atoms with Gasteiger partial charge in [0.2, 0.25) is 0 Å². The number of hydrogen-bond donors (Lipinski definition) is 0. The number of methoxy groups -OCH3 is 1. The summed E-state index contributed by atoms with van der Waals surface area (Å²) in [5, 5.41) is 0. The van der Waals surface area contributed by atoms with Gasteiger partial charge in [-0.15, -0.1) is 0 Å². The third kappa shape index (κ3) is 5.04. The Morgan fingerprint density at radius 3 is 2.41 bits per heavy atom. The average Bonchev–Trinajstić information content (AvgIpc) is 2.72. The van der Waals surface area contributed by atoms with Crippen LogP contribution in [0.2, 0.25) is 0 Å². The van der Waals surface area contributed by atoms with Crippen molar-refractivity contribution in [2.24, 2.45) is 0 Å². The molecular weight excluding hydrogens is 370 g/mol. The molecule has 1 atom stereocenters. The van der Waals surface area contributed by atoms with Crippen molar-refractivity contribution in [2.75, 3.05) is 31.6 Å². The van der Waals surface area contributed by atoms with Gasteiger partial charge in [-0.05, 0) is 38.5 Å². The van der Waals surface area contributed by atoms with Gasteiger partial charge in [0.05, 0.1) is 13.2 Å². The zero-order chi connectivity index (χ0) is 21.0. The molecule has 1 aliphatic rings. The van der Waals surface area contributed by atoms with Gasteiger partial charge in [-0.2, -0.15) is 0 Å². The Morgan fingerprint density at radius 2 is 1.76 bits per heavy atom. The quantitative estimate of drug-likeness (QED) is 0.736. The van der Waals surface area contributed by atoms with Crippen molar-refractivity contribution in [2.45, 2.75) is 32.4 Å². The Kier molecular flexibility index (Phi) is 6.06. The van der Waals surface area contributed by atoms with E-state index >= 15 is 0 Å². The van der Waals surface area contributed by atoms with Crippen LogP contribution in [-0.4, -0.2) is 54.3 Å². The Hall–Kier alpha value is -3.09. The molecule has 0 aliphatic carbocycles. The zero-order valence-corrected chi connectivity index (χ0v) is 17.3. The highest BCUT2D eigenvalue weighted by Crippen LogP contribution is 2.29. The van der Waals surface area contributed by atoms with E-state index in [1.807, 2.05) is 57.2 Å². The van der Waals surface area contributed by atoms with Gasteiger partial charge in [0, 0.05) is 19.6 Å². The number of amides is 1. The monoisotopic (exact) mass is 397 g/mol. The fraction of sp³-hybridized carbons (Fsp3) is 0.409. The molecule has 2 aromatic rings. The van der Waals surface area contributed by atoms with Crippen LogP contribution in [0.5, 0.6) is 0 Å². The molecule has 1 aliphatic heterocycles. The highest BCUT2D eigenvalue weighted by molar-refractivity contribution is 5.87. The van der Waals surface area contributed by atoms with Crippen LogP contribution in [0.4, 0.5) is 10.6 Å². The molecule has 7 heteroatoms. The van der Waals surface area contributed by atoms with Crippen molar-refractivity contribution in [3.05, 3.63) is 59.8 Å². The number of rotatable bonds is 3. The fourth-order valence-electron chi connectivity index (χ4n) is 3.31. The van der Waals surface area contributed by atoms with Crippen molar-refractivity contribution in [3.63, 3.8) is 0 Å². The van der Waals surface area contributed by atoms with Crippen molar-refractivity contribution < 1.29 is 19.1 Å². The number of ether oxygens (including phenoxy) is 2. The molecule has 2 heterocycles.